The SMILES string of the molecule is CC(CNCc1ccccc1C(=O)O)N1CCCCC1. The minimum absolute atomic E-state index is 0.394. The van der Waals surface area contributed by atoms with Crippen molar-refractivity contribution in [3.05, 3.63) is 35.4 Å². The van der Waals surface area contributed by atoms with Gasteiger partial charge in [0.05, 0.1) is 5.56 Å². The number of aromatic carboxylic acids is 1. The summed E-state index contributed by atoms with van der Waals surface area (Å²) in [7, 11) is 0. The van der Waals surface area contributed by atoms with Crippen LogP contribution in [0.4, 0.5) is 0 Å². The Morgan fingerprint density at radius 3 is 2.70 bits per heavy atom. The molecular formula is C16H24N2O2. The quantitative estimate of drug-likeness (QED) is 0.837. The molecule has 1 aromatic carbocycles. The van der Waals surface area contributed by atoms with Crippen LogP contribution in [0.15, 0.2) is 24.3 Å². The number of carbonyl (C=O) groups is 1. The molecule has 0 bridgehead atoms. The Bertz CT molecular complexity index is 442. The molecule has 1 saturated heterocycles. The minimum atomic E-state index is -0.855. The van der Waals surface area contributed by atoms with E-state index in [2.05, 4.69) is 17.1 Å². The third-order valence-corrected chi connectivity index (χ3v) is 4.02. The smallest absolute Gasteiger partial charge is 0.336 e. The molecule has 0 aliphatic carbocycles. The number of hydrogen-bond donors (Lipinski definition) is 2. The number of likely N-dealkylation sites (tertiary alicyclic amines) is 1. The van der Waals surface area contributed by atoms with Crippen molar-refractivity contribution in [1.82, 2.24) is 10.2 Å². The molecule has 1 heterocycles. The molecule has 1 unspecified atom stereocenters. The van der Waals surface area contributed by atoms with Crippen LogP contribution in [-0.2, 0) is 6.54 Å². The monoisotopic (exact) mass is 276 g/mol. The molecule has 1 atom stereocenters. The van der Waals surface area contributed by atoms with Crippen LogP contribution in [0.25, 0.3) is 0 Å². The van der Waals surface area contributed by atoms with E-state index in [1.165, 1.54) is 32.4 Å². The summed E-state index contributed by atoms with van der Waals surface area (Å²) in [5.74, 6) is -0.855. The van der Waals surface area contributed by atoms with Gasteiger partial charge in [0.1, 0.15) is 0 Å². The average Bonchev–Trinajstić information content (AvgIpc) is 2.48. The van der Waals surface area contributed by atoms with Gasteiger partial charge in [0.2, 0.25) is 0 Å². The maximum absolute atomic E-state index is 11.1. The number of nitrogens with one attached hydrogen (secondary N) is 1. The molecule has 1 fully saturated rings. The molecule has 0 radical (unpaired) electrons. The normalized spacial score (nSPS) is 17.9. The van der Waals surface area contributed by atoms with Crippen molar-refractivity contribution in [2.75, 3.05) is 19.6 Å². The topological polar surface area (TPSA) is 52.6 Å². The van der Waals surface area contributed by atoms with Gasteiger partial charge in [0, 0.05) is 19.1 Å². The number of benzene rings is 1. The van der Waals surface area contributed by atoms with Crippen LogP contribution in [0.3, 0.4) is 0 Å². The molecular weight excluding hydrogens is 252 g/mol. The fourth-order valence-corrected chi connectivity index (χ4v) is 2.79. The summed E-state index contributed by atoms with van der Waals surface area (Å²) in [5, 5.41) is 12.5. The van der Waals surface area contributed by atoms with Crippen molar-refractivity contribution in [2.24, 2.45) is 0 Å². The summed E-state index contributed by atoms with van der Waals surface area (Å²) in [5.41, 5.74) is 1.25. The summed E-state index contributed by atoms with van der Waals surface area (Å²) in [4.78, 5) is 13.6. The van der Waals surface area contributed by atoms with Gasteiger partial charge >= 0.3 is 5.97 Å². The van der Waals surface area contributed by atoms with Crippen molar-refractivity contribution >= 4 is 5.97 Å². The van der Waals surface area contributed by atoms with Gasteiger partial charge in [-0.2, -0.15) is 0 Å². The van der Waals surface area contributed by atoms with Crippen LogP contribution in [0.2, 0.25) is 0 Å². The average molecular weight is 276 g/mol. The highest BCUT2D eigenvalue weighted by atomic mass is 16.4. The molecule has 1 aromatic rings. The molecule has 2 rings (SSSR count). The van der Waals surface area contributed by atoms with Crippen LogP contribution in [0, 0.1) is 0 Å². The molecule has 0 amide bonds. The van der Waals surface area contributed by atoms with Crippen LogP contribution in [0.5, 0.6) is 0 Å². The number of nitrogens with zero attached hydrogens (tertiary/aromatic N) is 1. The molecule has 1 aliphatic rings. The van der Waals surface area contributed by atoms with E-state index in [9.17, 15) is 4.79 Å². The molecule has 4 nitrogen and oxygen atoms in total. The van der Waals surface area contributed by atoms with Crippen molar-refractivity contribution in [2.45, 2.75) is 38.8 Å². The third-order valence-electron chi connectivity index (χ3n) is 4.02. The fourth-order valence-electron chi connectivity index (χ4n) is 2.79. The van der Waals surface area contributed by atoms with Gasteiger partial charge in [-0.3, -0.25) is 4.90 Å². The predicted molar refractivity (Wildman–Crippen MR) is 80.0 cm³/mol. The summed E-state index contributed by atoms with van der Waals surface area (Å²) >= 11 is 0. The lowest BCUT2D eigenvalue weighted by atomic mass is 10.1. The van der Waals surface area contributed by atoms with E-state index >= 15 is 0 Å². The van der Waals surface area contributed by atoms with Gasteiger partial charge in [-0.05, 0) is 44.5 Å². The first-order valence-electron chi connectivity index (χ1n) is 7.44. The maximum atomic E-state index is 11.1. The van der Waals surface area contributed by atoms with E-state index in [-0.39, 0.29) is 0 Å². The first-order chi connectivity index (χ1) is 9.68. The van der Waals surface area contributed by atoms with E-state index in [0.29, 0.717) is 18.2 Å². The lowest BCUT2D eigenvalue weighted by molar-refractivity contribution is 0.0695. The molecule has 0 aromatic heterocycles. The van der Waals surface area contributed by atoms with Crippen molar-refractivity contribution in [3.63, 3.8) is 0 Å². The first kappa shape index (κ1) is 15.0. The second-order valence-corrected chi connectivity index (χ2v) is 5.54. The summed E-state index contributed by atoms with van der Waals surface area (Å²) < 4.78 is 0. The first-order valence-corrected chi connectivity index (χ1v) is 7.44. The highest BCUT2D eigenvalue weighted by Gasteiger charge is 2.16. The van der Waals surface area contributed by atoms with E-state index in [1.807, 2.05) is 12.1 Å². The lowest BCUT2D eigenvalue weighted by Crippen LogP contribution is -2.43. The standard InChI is InChI=1S/C16H24N2O2/c1-13(18-9-5-2-6-10-18)11-17-12-14-7-3-4-8-15(14)16(19)20/h3-4,7-8,13,17H,2,5-6,9-12H2,1H3,(H,19,20). The molecule has 0 spiro atoms. The molecule has 1 aliphatic heterocycles. The molecule has 2 N–H and O–H groups in total. The lowest BCUT2D eigenvalue weighted by Gasteiger charge is -2.32. The van der Waals surface area contributed by atoms with Crippen molar-refractivity contribution in [1.29, 1.82) is 0 Å². The van der Waals surface area contributed by atoms with Gasteiger partial charge < -0.3 is 10.4 Å². The number of hydrogen-bond acceptors (Lipinski definition) is 3. The fraction of sp³-hybridized carbons (Fsp3) is 0.562. The molecule has 20 heavy (non-hydrogen) atoms. The summed E-state index contributed by atoms with van der Waals surface area (Å²) in [6.07, 6.45) is 3.95. The Labute approximate surface area is 120 Å². The highest BCUT2D eigenvalue weighted by Crippen LogP contribution is 2.12. The second-order valence-electron chi connectivity index (χ2n) is 5.54. The van der Waals surface area contributed by atoms with Gasteiger partial charge in [-0.15, -0.1) is 0 Å². The van der Waals surface area contributed by atoms with E-state index in [0.717, 1.165) is 12.1 Å². The van der Waals surface area contributed by atoms with Gasteiger partial charge in [0.15, 0.2) is 0 Å². The highest BCUT2D eigenvalue weighted by molar-refractivity contribution is 5.89. The number of piperidine rings is 1. The molecule has 110 valence electrons. The zero-order valence-electron chi connectivity index (χ0n) is 12.1. The predicted octanol–water partition coefficient (Wildman–Crippen LogP) is 2.35. The van der Waals surface area contributed by atoms with Gasteiger partial charge in [-0.1, -0.05) is 24.6 Å². The minimum Gasteiger partial charge on any atom is -0.478 e. The van der Waals surface area contributed by atoms with E-state index < -0.39 is 5.97 Å². The Morgan fingerprint density at radius 2 is 2.00 bits per heavy atom. The number of rotatable bonds is 6. The Morgan fingerprint density at radius 1 is 1.30 bits per heavy atom. The number of carboxylic acid groups (broad SMARTS) is 1. The Hall–Kier alpha value is -1.39. The largest absolute Gasteiger partial charge is 0.478 e. The van der Waals surface area contributed by atoms with Crippen molar-refractivity contribution in [3.8, 4) is 0 Å². The zero-order valence-corrected chi connectivity index (χ0v) is 12.1. The van der Waals surface area contributed by atoms with Crippen molar-refractivity contribution < 1.29 is 9.90 Å². The summed E-state index contributed by atoms with van der Waals surface area (Å²) in [6, 6.07) is 7.70. The molecule has 4 heteroatoms. The summed E-state index contributed by atoms with van der Waals surface area (Å²) in [6.45, 7) is 6.12. The van der Waals surface area contributed by atoms with E-state index in [1.54, 1.807) is 12.1 Å². The van der Waals surface area contributed by atoms with Gasteiger partial charge in [0.25, 0.3) is 0 Å². The van der Waals surface area contributed by atoms with E-state index in [4.69, 9.17) is 5.11 Å². The zero-order chi connectivity index (χ0) is 14.4. The van der Waals surface area contributed by atoms with Gasteiger partial charge in [-0.25, -0.2) is 4.79 Å². The van der Waals surface area contributed by atoms with Crippen LogP contribution < -0.4 is 5.32 Å². The molecule has 0 saturated carbocycles. The third kappa shape index (κ3) is 4.05. The second kappa shape index (κ2) is 7.41. The maximum Gasteiger partial charge on any atom is 0.336 e. The Kier molecular flexibility index (Phi) is 5.56. The van der Waals surface area contributed by atoms with Crippen LogP contribution in [-0.4, -0.2) is 41.7 Å². The van der Waals surface area contributed by atoms with Crippen LogP contribution >= 0.6 is 0 Å². The Balaban J connectivity index is 1.82. The van der Waals surface area contributed by atoms with Crippen LogP contribution in [0.1, 0.15) is 42.1 Å². The number of carboxylic acids is 1.